The van der Waals surface area contributed by atoms with Crippen LogP contribution >= 0.6 is 0 Å². The Morgan fingerprint density at radius 3 is 2.23 bits per heavy atom. The Bertz CT molecular complexity index is 1050. The van der Waals surface area contributed by atoms with Gasteiger partial charge in [0.25, 0.3) is 0 Å². The van der Waals surface area contributed by atoms with Crippen LogP contribution in [-0.4, -0.2) is 34.7 Å². The van der Waals surface area contributed by atoms with Crippen LogP contribution in [0.5, 0.6) is 11.5 Å². The van der Waals surface area contributed by atoms with E-state index in [0.717, 1.165) is 27.8 Å². The van der Waals surface area contributed by atoms with Crippen molar-refractivity contribution in [3.8, 4) is 11.5 Å². The molecule has 6 heteroatoms. The first-order valence-electron chi connectivity index (χ1n) is 9.89. The maximum Gasteiger partial charge on any atom is 0.163 e. The Labute approximate surface area is 177 Å². The summed E-state index contributed by atoms with van der Waals surface area (Å²) in [4.78, 5) is 8.68. The summed E-state index contributed by atoms with van der Waals surface area (Å²) in [7, 11) is 3.25. The largest absolute Gasteiger partial charge is 0.493 e. The van der Waals surface area contributed by atoms with Gasteiger partial charge in [-0.15, -0.1) is 0 Å². The lowest BCUT2D eigenvalue weighted by atomic mass is 9.87. The number of methoxy groups -OCH3 is 2. The van der Waals surface area contributed by atoms with Gasteiger partial charge in [0.15, 0.2) is 17.0 Å². The van der Waals surface area contributed by atoms with Crippen LogP contribution < -0.4 is 15.0 Å². The molecule has 2 aromatic heterocycles. The zero-order valence-electron chi connectivity index (χ0n) is 18.2. The number of hydrogen-bond acceptors (Lipinski definition) is 5. The Morgan fingerprint density at radius 1 is 0.967 bits per heavy atom. The monoisotopic (exact) mass is 407 g/mol. The highest BCUT2D eigenvalue weighted by Gasteiger charge is 2.19. The molecule has 0 amide bonds. The fourth-order valence-corrected chi connectivity index (χ4v) is 3.39. The van der Waals surface area contributed by atoms with E-state index in [1.165, 1.54) is 0 Å². The van der Waals surface area contributed by atoms with Gasteiger partial charge in [0.2, 0.25) is 0 Å². The third-order valence-electron chi connectivity index (χ3n) is 4.78. The zero-order valence-corrected chi connectivity index (χ0v) is 18.2. The molecule has 1 aromatic carbocycles. The summed E-state index contributed by atoms with van der Waals surface area (Å²) in [6, 6.07) is 13.8. The van der Waals surface area contributed by atoms with Crippen molar-refractivity contribution in [2.45, 2.75) is 38.6 Å². The van der Waals surface area contributed by atoms with Crippen LogP contribution in [-0.2, 0) is 6.42 Å². The van der Waals surface area contributed by atoms with E-state index in [4.69, 9.17) is 9.47 Å². The molecule has 3 aromatic rings. The highest BCUT2D eigenvalue weighted by atomic mass is 16.5. The molecule has 1 unspecified atom stereocenters. The molecular formula is C24H29N3O3. The van der Waals surface area contributed by atoms with Crippen LogP contribution in [0.2, 0.25) is 0 Å². The maximum absolute atomic E-state index is 10.6. The van der Waals surface area contributed by atoms with Crippen molar-refractivity contribution in [1.29, 1.82) is 0 Å². The molecule has 2 heterocycles. The van der Waals surface area contributed by atoms with Crippen molar-refractivity contribution in [1.82, 2.24) is 9.71 Å². The maximum atomic E-state index is 10.6. The molecule has 0 bridgehead atoms. The lowest BCUT2D eigenvalue weighted by Crippen LogP contribution is -2.25. The molecule has 0 aliphatic carbocycles. The Balaban J connectivity index is 2.09. The number of pyridine rings is 2. The molecule has 1 atom stereocenters. The summed E-state index contributed by atoms with van der Waals surface area (Å²) in [5.74, 6) is 1.35. The van der Waals surface area contributed by atoms with E-state index >= 15 is 0 Å². The number of ether oxygens (including phenoxy) is 2. The lowest BCUT2D eigenvalue weighted by molar-refractivity contribution is 0.168. The van der Waals surface area contributed by atoms with Crippen molar-refractivity contribution >= 4 is 0 Å². The van der Waals surface area contributed by atoms with E-state index in [1.54, 1.807) is 32.8 Å². The molecule has 0 radical (unpaired) electrons. The smallest absolute Gasteiger partial charge is 0.163 e. The van der Waals surface area contributed by atoms with E-state index < -0.39 is 0 Å². The van der Waals surface area contributed by atoms with E-state index in [1.807, 2.05) is 63.2 Å². The van der Waals surface area contributed by atoms with Crippen LogP contribution in [0.25, 0.3) is 0 Å². The summed E-state index contributed by atoms with van der Waals surface area (Å²) in [6.07, 6.45) is 6.05. The summed E-state index contributed by atoms with van der Waals surface area (Å²) in [6.45, 7) is 5.99. The van der Waals surface area contributed by atoms with Crippen LogP contribution in [0.1, 0.15) is 43.4 Å². The first kappa shape index (κ1) is 21.4. The Morgan fingerprint density at radius 2 is 1.63 bits per heavy atom. The van der Waals surface area contributed by atoms with Gasteiger partial charge in [0, 0.05) is 24.5 Å². The molecule has 0 fully saturated rings. The molecule has 6 nitrogen and oxygen atoms in total. The van der Waals surface area contributed by atoms with Crippen molar-refractivity contribution in [2.24, 2.45) is 4.99 Å². The minimum absolute atomic E-state index is 0.00528. The minimum atomic E-state index is -0.286. The van der Waals surface area contributed by atoms with Gasteiger partial charge < -0.3 is 14.7 Å². The molecule has 30 heavy (non-hydrogen) atoms. The van der Waals surface area contributed by atoms with Gasteiger partial charge in [0.05, 0.1) is 19.8 Å². The van der Waals surface area contributed by atoms with E-state index in [0.29, 0.717) is 17.0 Å². The quantitative estimate of drug-likeness (QED) is 0.622. The van der Waals surface area contributed by atoms with Gasteiger partial charge in [0.1, 0.15) is 0 Å². The third-order valence-corrected chi connectivity index (χ3v) is 4.78. The minimum Gasteiger partial charge on any atom is -0.493 e. The van der Waals surface area contributed by atoms with Gasteiger partial charge in [-0.05, 0) is 74.2 Å². The lowest BCUT2D eigenvalue weighted by Gasteiger charge is -2.20. The van der Waals surface area contributed by atoms with Gasteiger partial charge in [-0.2, -0.15) is 4.73 Å². The second kappa shape index (κ2) is 9.03. The topological polar surface area (TPSA) is 68.9 Å². The highest BCUT2D eigenvalue weighted by molar-refractivity contribution is 5.46. The average molecular weight is 408 g/mol. The van der Waals surface area contributed by atoms with Gasteiger partial charge >= 0.3 is 0 Å². The van der Waals surface area contributed by atoms with Crippen molar-refractivity contribution < 1.29 is 14.7 Å². The van der Waals surface area contributed by atoms with E-state index in [-0.39, 0.29) is 11.5 Å². The molecule has 3 rings (SSSR count). The molecule has 0 saturated heterocycles. The van der Waals surface area contributed by atoms with Gasteiger partial charge in [-0.3, -0.25) is 9.98 Å². The summed E-state index contributed by atoms with van der Waals surface area (Å²) < 4.78 is 12.0. The van der Waals surface area contributed by atoms with Crippen LogP contribution in [0.3, 0.4) is 0 Å². The fourth-order valence-electron chi connectivity index (χ4n) is 3.39. The number of nitrogens with zero attached hydrogens (tertiary/aromatic N) is 3. The van der Waals surface area contributed by atoms with Crippen molar-refractivity contribution in [3.05, 3.63) is 83.2 Å². The Hall–Kier alpha value is -3.28. The summed E-state index contributed by atoms with van der Waals surface area (Å²) in [5, 5.41) is 10.6. The molecular weight excluding hydrogens is 378 g/mol. The molecule has 0 saturated carbocycles. The Kier molecular flexibility index (Phi) is 6.45. The third kappa shape index (κ3) is 5.20. The van der Waals surface area contributed by atoms with Gasteiger partial charge in [-0.25, -0.2) is 0 Å². The normalized spacial score (nSPS) is 13.2. The van der Waals surface area contributed by atoms with Crippen molar-refractivity contribution in [2.75, 3.05) is 14.2 Å². The zero-order chi connectivity index (χ0) is 21.7. The standard InChI is InChI=1S/C24H29N3O3/c1-24(2,3)26-23-9-7-19(16-27(23)28)20(14-17-10-12-25-13-11-17)18-6-8-21(29-4)22(15-18)30-5/h6-13,15-16,20,28H,14H2,1-5H3. The average Bonchev–Trinajstić information content (AvgIpc) is 2.73. The number of hydrogen-bond donors (Lipinski definition) is 1. The number of rotatable bonds is 6. The second-order valence-corrected chi connectivity index (χ2v) is 8.17. The second-order valence-electron chi connectivity index (χ2n) is 8.17. The molecule has 0 aliphatic rings. The first-order chi connectivity index (χ1) is 14.3. The first-order valence-corrected chi connectivity index (χ1v) is 9.89. The van der Waals surface area contributed by atoms with Crippen LogP contribution in [0, 0.1) is 0 Å². The summed E-state index contributed by atoms with van der Waals surface area (Å²) >= 11 is 0. The molecule has 1 N–H and O–H groups in total. The highest BCUT2D eigenvalue weighted by Crippen LogP contribution is 2.34. The predicted molar refractivity (Wildman–Crippen MR) is 116 cm³/mol. The summed E-state index contributed by atoms with van der Waals surface area (Å²) in [5.41, 5.74) is 3.41. The van der Waals surface area contributed by atoms with E-state index in [9.17, 15) is 5.21 Å². The van der Waals surface area contributed by atoms with Gasteiger partial charge in [-0.1, -0.05) is 12.1 Å². The predicted octanol–water partition coefficient (Wildman–Crippen LogP) is 4.21. The SMILES string of the molecule is COc1ccc(C(Cc2ccncc2)c2ccc(=NC(C)(C)C)n(O)c2)cc1OC. The fraction of sp³-hybridized carbons (Fsp3) is 0.333. The van der Waals surface area contributed by atoms with Crippen LogP contribution in [0.4, 0.5) is 0 Å². The molecule has 0 spiro atoms. The molecule has 0 aliphatic heterocycles. The molecule has 158 valence electrons. The van der Waals surface area contributed by atoms with Crippen molar-refractivity contribution in [3.63, 3.8) is 0 Å². The van der Waals surface area contributed by atoms with E-state index in [2.05, 4.69) is 9.98 Å². The number of aromatic nitrogens is 2. The van der Waals surface area contributed by atoms with Crippen LogP contribution in [0.15, 0.2) is 66.0 Å². The number of benzene rings is 1.